The fourth-order valence-corrected chi connectivity index (χ4v) is 1.83. The monoisotopic (exact) mass is 265 g/mol. The van der Waals surface area contributed by atoms with Crippen LogP contribution in [0.25, 0.3) is 0 Å². The van der Waals surface area contributed by atoms with Crippen molar-refractivity contribution in [1.82, 2.24) is 0 Å². The Bertz CT molecular complexity index is 412. The van der Waals surface area contributed by atoms with Crippen molar-refractivity contribution < 1.29 is 14.6 Å². The van der Waals surface area contributed by atoms with Crippen molar-refractivity contribution in [2.75, 3.05) is 25.6 Å². The first-order valence-corrected chi connectivity index (χ1v) is 6.45. The Hall–Kier alpha value is -1.71. The largest absolute Gasteiger partial charge is 0.497 e. The average molecular weight is 265 g/mol. The van der Waals surface area contributed by atoms with Crippen LogP contribution in [-0.4, -0.2) is 31.8 Å². The molecule has 0 fully saturated rings. The Labute approximate surface area is 115 Å². The average Bonchev–Trinajstić information content (AvgIpc) is 2.38. The summed E-state index contributed by atoms with van der Waals surface area (Å²) in [6.45, 7) is 4.37. The number of benzene rings is 1. The fourth-order valence-electron chi connectivity index (χ4n) is 1.83. The molecular formula is C15H23NO3. The quantitative estimate of drug-likeness (QED) is 0.823. The number of hydrogen-bond acceptors (Lipinski definition) is 3. The van der Waals surface area contributed by atoms with Crippen LogP contribution in [0.4, 0.5) is 5.69 Å². The molecule has 0 saturated heterocycles. The Morgan fingerprint density at radius 1 is 1.32 bits per heavy atom. The minimum absolute atomic E-state index is 0.652. The molecule has 0 heterocycles. The van der Waals surface area contributed by atoms with Crippen molar-refractivity contribution in [3.05, 3.63) is 24.3 Å². The van der Waals surface area contributed by atoms with E-state index in [0.717, 1.165) is 24.4 Å². The van der Waals surface area contributed by atoms with E-state index in [2.05, 4.69) is 4.90 Å². The number of rotatable bonds is 7. The van der Waals surface area contributed by atoms with Gasteiger partial charge in [0.05, 0.1) is 12.5 Å². The molecule has 4 nitrogen and oxygen atoms in total. The first-order valence-electron chi connectivity index (χ1n) is 6.45. The molecule has 0 atom stereocenters. The van der Waals surface area contributed by atoms with Crippen LogP contribution in [0, 0.1) is 5.41 Å². The number of carboxylic acids is 1. The van der Waals surface area contributed by atoms with Crippen molar-refractivity contribution in [2.24, 2.45) is 5.41 Å². The van der Waals surface area contributed by atoms with E-state index in [1.54, 1.807) is 21.0 Å². The summed E-state index contributed by atoms with van der Waals surface area (Å²) in [7, 11) is 3.66. The predicted octanol–water partition coefficient (Wildman–Crippen LogP) is 3.02. The summed E-state index contributed by atoms with van der Waals surface area (Å²) in [4.78, 5) is 13.1. The van der Waals surface area contributed by atoms with Crippen molar-refractivity contribution in [1.29, 1.82) is 0 Å². The van der Waals surface area contributed by atoms with Gasteiger partial charge in [-0.15, -0.1) is 0 Å². The molecule has 1 rings (SSSR count). The summed E-state index contributed by atoms with van der Waals surface area (Å²) in [6.07, 6.45) is 1.52. The first-order chi connectivity index (χ1) is 8.86. The Kier molecular flexibility index (Phi) is 5.21. The standard InChI is InChI=1S/C15H23NO3/c1-15(2,14(17)18)10-5-11-16(3)12-6-8-13(19-4)9-7-12/h6-9H,5,10-11H2,1-4H3,(H,17,18). The molecule has 19 heavy (non-hydrogen) atoms. The molecule has 4 heteroatoms. The van der Waals surface area contributed by atoms with Crippen molar-refractivity contribution in [2.45, 2.75) is 26.7 Å². The van der Waals surface area contributed by atoms with E-state index in [0.29, 0.717) is 6.42 Å². The maximum Gasteiger partial charge on any atom is 0.309 e. The predicted molar refractivity (Wildman–Crippen MR) is 76.9 cm³/mol. The zero-order valence-electron chi connectivity index (χ0n) is 12.1. The van der Waals surface area contributed by atoms with E-state index in [4.69, 9.17) is 9.84 Å². The Morgan fingerprint density at radius 3 is 2.37 bits per heavy atom. The topological polar surface area (TPSA) is 49.8 Å². The van der Waals surface area contributed by atoms with E-state index in [1.807, 2.05) is 31.3 Å². The number of anilines is 1. The number of nitrogens with zero attached hydrogens (tertiary/aromatic N) is 1. The van der Waals surface area contributed by atoms with Gasteiger partial charge in [0.25, 0.3) is 0 Å². The van der Waals surface area contributed by atoms with Crippen LogP contribution in [0.1, 0.15) is 26.7 Å². The minimum atomic E-state index is -0.736. The highest BCUT2D eigenvalue weighted by molar-refractivity contribution is 5.73. The van der Waals surface area contributed by atoms with Crippen LogP contribution in [0.3, 0.4) is 0 Å². The van der Waals surface area contributed by atoms with Gasteiger partial charge >= 0.3 is 5.97 Å². The molecule has 1 aromatic rings. The molecular weight excluding hydrogens is 242 g/mol. The van der Waals surface area contributed by atoms with Gasteiger partial charge in [0.15, 0.2) is 0 Å². The van der Waals surface area contributed by atoms with Crippen LogP contribution < -0.4 is 9.64 Å². The van der Waals surface area contributed by atoms with Crippen LogP contribution in [0.5, 0.6) is 5.75 Å². The van der Waals surface area contributed by atoms with Crippen LogP contribution >= 0.6 is 0 Å². The minimum Gasteiger partial charge on any atom is -0.497 e. The number of methoxy groups -OCH3 is 1. The molecule has 0 aliphatic carbocycles. The van der Waals surface area contributed by atoms with Crippen LogP contribution in [0.2, 0.25) is 0 Å². The summed E-state index contributed by atoms with van der Waals surface area (Å²) < 4.78 is 5.12. The van der Waals surface area contributed by atoms with Crippen molar-refractivity contribution >= 4 is 11.7 Å². The number of ether oxygens (including phenoxy) is 1. The zero-order valence-corrected chi connectivity index (χ0v) is 12.1. The summed E-state index contributed by atoms with van der Waals surface area (Å²) in [5.41, 5.74) is 0.453. The molecule has 0 amide bonds. The number of carbonyl (C=O) groups is 1. The zero-order chi connectivity index (χ0) is 14.5. The number of hydrogen-bond donors (Lipinski definition) is 1. The van der Waals surface area contributed by atoms with E-state index in [-0.39, 0.29) is 0 Å². The Balaban J connectivity index is 2.46. The molecule has 0 unspecified atom stereocenters. The van der Waals surface area contributed by atoms with Gasteiger partial charge in [0.2, 0.25) is 0 Å². The normalized spacial score (nSPS) is 11.2. The molecule has 0 spiro atoms. The van der Waals surface area contributed by atoms with Gasteiger partial charge in [0, 0.05) is 19.3 Å². The lowest BCUT2D eigenvalue weighted by atomic mass is 9.88. The van der Waals surface area contributed by atoms with Gasteiger partial charge in [-0.05, 0) is 51.0 Å². The first kappa shape index (κ1) is 15.3. The van der Waals surface area contributed by atoms with Gasteiger partial charge < -0.3 is 14.7 Å². The number of aliphatic carboxylic acids is 1. The molecule has 0 aromatic heterocycles. The lowest BCUT2D eigenvalue weighted by Gasteiger charge is -2.23. The third kappa shape index (κ3) is 4.47. The maximum absolute atomic E-state index is 11.0. The molecule has 1 N–H and O–H groups in total. The van der Waals surface area contributed by atoms with Gasteiger partial charge in [0.1, 0.15) is 5.75 Å². The third-order valence-electron chi connectivity index (χ3n) is 3.39. The summed E-state index contributed by atoms with van der Waals surface area (Å²) >= 11 is 0. The second-order valence-electron chi connectivity index (χ2n) is 5.41. The summed E-state index contributed by atoms with van der Waals surface area (Å²) in [5, 5.41) is 9.05. The lowest BCUT2D eigenvalue weighted by Crippen LogP contribution is -2.26. The summed E-state index contributed by atoms with van der Waals surface area (Å²) in [6, 6.07) is 7.85. The fraction of sp³-hybridized carbons (Fsp3) is 0.533. The molecule has 0 aliphatic rings. The number of carboxylic acid groups (broad SMARTS) is 1. The van der Waals surface area contributed by atoms with E-state index >= 15 is 0 Å². The van der Waals surface area contributed by atoms with Gasteiger partial charge in [-0.25, -0.2) is 0 Å². The van der Waals surface area contributed by atoms with Gasteiger partial charge in [-0.3, -0.25) is 4.79 Å². The SMILES string of the molecule is COc1ccc(N(C)CCCC(C)(C)C(=O)O)cc1. The van der Waals surface area contributed by atoms with Gasteiger partial charge in [-0.1, -0.05) is 0 Å². The molecule has 0 radical (unpaired) electrons. The molecule has 0 aliphatic heterocycles. The molecule has 0 bridgehead atoms. The summed E-state index contributed by atoms with van der Waals surface area (Å²) in [5.74, 6) is 0.101. The molecule has 0 saturated carbocycles. The van der Waals surface area contributed by atoms with E-state index in [9.17, 15) is 4.79 Å². The highest BCUT2D eigenvalue weighted by Crippen LogP contribution is 2.24. The highest BCUT2D eigenvalue weighted by atomic mass is 16.5. The second-order valence-corrected chi connectivity index (χ2v) is 5.41. The third-order valence-corrected chi connectivity index (χ3v) is 3.39. The maximum atomic E-state index is 11.0. The lowest BCUT2D eigenvalue weighted by molar-refractivity contribution is -0.147. The molecule has 106 valence electrons. The van der Waals surface area contributed by atoms with Crippen LogP contribution in [-0.2, 0) is 4.79 Å². The van der Waals surface area contributed by atoms with Gasteiger partial charge in [-0.2, -0.15) is 0 Å². The van der Waals surface area contributed by atoms with E-state index in [1.165, 1.54) is 0 Å². The second kappa shape index (κ2) is 6.45. The highest BCUT2D eigenvalue weighted by Gasteiger charge is 2.26. The Morgan fingerprint density at radius 2 is 1.89 bits per heavy atom. The van der Waals surface area contributed by atoms with Crippen molar-refractivity contribution in [3.8, 4) is 5.75 Å². The smallest absolute Gasteiger partial charge is 0.309 e. The van der Waals surface area contributed by atoms with E-state index < -0.39 is 11.4 Å². The van der Waals surface area contributed by atoms with Crippen LogP contribution in [0.15, 0.2) is 24.3 Å². The molecule has 1 aromatic carbocycles. The van der Waals surface area contributed by atoms with Crippen molar-refractivity contribution in [3.63, 3.8) is 0 Å².